The molecule has 0 fully saturated rings. The number of hydrogen-bond acceptors (Lipinski definition) is 3. The largest absolute Gasteiger partial charge is 0.497 e. The Morgan fingerprint density at radius 3 is 2.37 bits per heavy atom. The zero-order valence-electron chi connectivity index (χ0n) is 18.1. The van der Waals surface area contributed by atoms with E-state index in [0.717, 1.165) is 29.1 Å². The van der Waals surface area contributed by atoms with Crippen LogP contribution in [-0.2, 0) is 22.4 Å². The number of nitrogens with one attached hydrogen (secondary N) is 3. The molecule has 30 heavy (non-hydrogen) atoms. The standard InChI is InChI=1S/C24H31N3O3/c1-17(19-9-8-18-6-4-5-7-20(18)14-19)25-23(28)15-27(2)16-24(29)26-21-10-12-22(30-3)13-11-21/h8-14,17H,4-7,15-16H2,1-3H3,(H,25,28)(H,26,29)/p+1/t17-/m0/s1. The Hall–Kier alpha value is -2.86. The normalized spacial score (nSPS) is 14.9. The minimum atomic E-state index is -0.131. The van der Waals surface area contributed by atoms with Gasteiger partial charge in [0.25, 0.3) is 11.8 Å². The molecule has 0 spiro atoms. The lowest BCUT2D eigenvalue weighted by molar-refractivity contribution is -0.862. The summed E-state index contributed by atoms with van der Waals surface area (Å²) in [5.41, 5.74) is 4.70. The molecule has 2 aromatic carbocycles. The van der Waals surface area contributed by atoms with Crippen LogP contribution in [0.3, 0.4) is 0 Å². The third-order valence-corrected chi connectivity index (χ3v) is 5.55. The molecule has 3 N–H and O–H groups in total. The highest BCUT2D eigenvalue weighted by molar-refractivity contribution is 5.91. The third kappa shape index (κ3) is 6.07. The van der Waals surface area contributed by atoms with Crippen LogP contribution in [0.1, 0.15) is 42.5 Å². The van der Waals surface area contributed by atoms with Crippen molar-refractivity contribution in [1.82, 2.24) is 5.32 Å². The van der Waals surface area contributed by atoms with Crippen LogP contribution >= 0.6 is 0 Å². The van der Waals surface area contributed by atoms with Gasteiger partial charge in [0.15, 0.2) is 13.1 Å². The van der Waals surface area contributed by atoms with Crippen molar-refractivity contribution in [3.63, 3.8) is 0 Å². The number of fused-ring (bicyclic) bond motifs is 1. The molecular weight excluding hydrogens is 378 g/mol. The number of carbonyl (C=O) groups is 2. The van der Waals surface area contributed by atoms with Crippen molar-refractivity contribution >= 4 is 17.5 Å². The Kier molecular flexibility index (Phi) is 7.46. The number of methoxy groups -OCH3 is 1. The molecule has 6 heteroatoms. The van der Waals surface area contributed by atoms with Gasteiger partial charge in [-0.15, -0.1) is 0 Å². The van der Waals surface area contributed by atoms with E-state index >= 15 is 0 Å². The Morgan fingerprint density at radius 2 is 1.67 bits per heavy atom. The zero-order chi connectivity index (χ0) is 21.5. The van der Waals surface area contributed by atoms with Crippen molar-refractivity contribution in [3.8, 4) is 5.75 Å². The van der Waals surface area contributed by atoms with Crippen LogP contribution in [0.2, 0.25) is 0 Å². The van der Waals surface area contributed by atoms with E-state index in [9.17, 15) is 9.59 Å². The Balaban J connectivity index is 1.45. The van der Waals surface area contributed by atoms with Crippen molar-refractivity contribution in [1.29, 1.82) is 0 Å². The number of quaternary nitrogens is 1. The molecule has 0 aliphatic heterocycles. The maximum atomic E-state index is 12.5. The van der Waals surface area contributed by atoms with Gasteiger partial charge >= 0.3 is 0 Å². The van der Waals surface area contributed by atoms with E-state index in [-0.39, 0.29) is 30.9 Å². The molecule has 1 aliphatic carbocycles. The highest BCUT2D eigenvalue weighted by Gasteiger charge is 2.18. The average Bonchev–Trinajstić information content (AvgIpc) is 2.73. The van der Waals surface area contributed by atoms with Crippen molar-refractivity contribution < 1.29 is 19.2 Å². The number of rotatable bonds is 8. The fourth-order valence-corrected chi connectivity index (χ4v) is 3.89. The predicted molar refractivity (Wildman–Crippen MR) is 118 cm³/mol. The molecule has 0 heterocycles. The van der Waals surface area contributed by atoms with Crippen LogP contribution in [0, 0.1) is 0 Å². The first-order valence-corrected chi connectivity index (χ1v) is 10.6. The number of ether oxygens (including phenoxy) is 1. The molecule has 2 aromatic rings. The van der Waals surface area contributed by atoms with E-state index in [1.54, 1.807) is 31.4 Å². The predicted octanol–water partition coefficient (Wildman–Crippen LogP) is 1.90. The van der Waals surface area contributed by atoms with Gasteiger partial charge in [-0.3, -0.25) is 9.59 Å². The van der Waals surface area contributed by atoms with Gasteiger partial charge in [-0.1, -0.05) is 18.2 Å². The molecule has 1 aliphatic rings. The molecule has 6 nitrogen and oxygen atoms in total. The maximum absolute atomic E-state index is 12.5. The summed E-state index contributed by atoms with van der Waals surface area (Å²) in [7, 11) is 3.44. The van der Waals surface area contributed by atoms with Crippen LogP contribution in [0.15, 0.2) is 42.5 Å². The first kappa shape index (κ1) is 21.8. The molecule has 0 saturated heterocycles. The Bertz CT molecular complexity index is 880. The summed E-state index contributed by atoms with van der Waals surface area (Å²) < 4.78 is 5.11. The van der Waals surface area contributed by atoms with E-state index in [2.05, 4.69) is 28.8 Å². The van der Waals surface area contributed by atoms with Crippen LogP contribution < -0.4 is 20.3 Å². The van der Waals surface area contributed by atoms with Gasteiger partial charge in [-0.05, 0) is 73.6 Å². The van der Waals surface area contributed by atoms with Gasteiger partial charge in [-0.25, -0.2) is 0 Å². The van der Waals surface area contributed by atoms with Gasteiger partial charge in [0, 0.05) is 5.69 Å². The summed E-state index contributed by atoms with van der Waals surface area (Å²) in [5.74, 6) is 0.545. The minimum absolute atomic E-state index is 0.0503. The van der Waals surface area contributed by atoms with E-state index in [4.69, 9.17) is 4.74 Å². The number of aryl methyl sites for hydroxylation is 2. The van der Waals surface area contributed by atoms with Crippen molar-refractivity contribution in [3.05, 3.63) is 59.2 Å². The summed E-state index contributed by atoms with van der Waals surface area (Å²) in [6.07, 6.45) is 4.78. The fourth-order valence-electron chi connectivity index (χ4n) is 3.89. The number of likely N-dealkylation sites (N-methyl/N-ethyl adjacent to an activating group) is 1. The Morgan fingerprint density at radius 1 is 1.00 bits per heavy atom. The van der Waals surface area contributed by atoms with Crippen molar-refractivity contribution in [2.45, 2.75) is 38.6 Å². The van der Waals surface area contributed by atoms with Crippen LogP contribution in [-0.4, -0.2) is 39.1 Å². The van der Waals surface area contributed by atoms with E-state index < -0.39 is 0 Å². The lowest BCUT2D eigenvalue weighted by Crippen LogP contribution is -3.11. The topological polar surface area (TPSA) is 71.9 Å². The van der Waals surface area contributed by atoms with Gasteiger partial charge in [0.05, 0.1) is 20.2 Å². The summed E-state index contributed by atoms with van der Waals surface area (Å²) >= 11 is 0. The monoisotopic (exact) mass is 410 g/mol. The van der Waals surface area contributed by atoms with E-state index in [1.807, 2.05) is 14.0 Å². The molecule has 3 rings (SSSR count). The summed E-state index contributed by atoms with van der Waals surface area (Å²) in [6.45, 7) is 2.46. The van der Waals surface area contributed by atoms with Gasteiger partial charge in [-0.2, -0.15) is 0 Å². The van der Waals surface area contributed by atoms with Crippen molar-refractivity contribution in [2.24, 2.45) is 0 Å². The average molecular weight is 411 g/mol. The number of carbonyl (C=O) groups excluding carboxylic acids is 2. The lowest BCUT2D eigenvalue weighted by Gasteiger charge is -2.20. The van der Waals surface area contributed by atoms with Crippen LogP contribution in [0.4, 0.5) is 5.69 Å². The first-order chi connectivity index (χ1) is 14.4. The van der Waals surface area contributed by atoms with E-state index in [0.29, 0.717) is 5.69 Å². The number of benzene rings is 2. The van der Waals surface area contributed by atoms with E-state index in [1.165, 1.54) is 24.0 Å². The number of anilines is 1. The molecule has 1 unspecified atom stereocenters. The molecule has 2 atom stereocenters. The summed E-state index contributed by atoms with van der Waals surface area (Å²) in [6, 6.07) is 13.7. The molecule has 0 radical (unpaired) electrons. The van der Waals surface area contributed by atoms with Crippen LogP contribution in [0.5, 0.6) is 5.75 Å². The van der Waals surface area contributed by atoms with Gasteiger partial charge in [0.2, 0.25) is 0 Å². The quantitative estimate of drug-likeness (QED) is 0.623. The summed E-state index contributed by atoms with van der Waals surface area (Å²) in [5, 5.41) is 5.91. The maximum Gasteiger partial charge on any atom is 0.279 e. The Labute approximate surface area is 178 Å². The number of hydrogen-bond donors (Lipinski definition) is 3. The molecular formula is C24H32N3O3+. The molecule has 2 amide bonds. The highest BCUT2D eigenvalue weighted by atomic mass is 16.5. The molecule has 0 bridgehead atoms. The second-order valence-electron chi connectivity index (χ2n) is 8.11. The zero-order valence-corrected chi connectivity index (χ0v) is 18.1. The molecule has 160 valence electrons. The lowest BCUT2D eigenvalue weighted by atomic mass is 9.89. The van der Waals surface area contributed by atoms with Gasteiger partial charge < -0.3 is 20.3 Å². The third-order valence-electron chi connectivity index (χ3n) is 5.55. The molecule has 0 aromatic heterocycles. The van der Waals surface area contributed by atoms with Crippen LogP contribution in [0.25, 0.3) is 0 Å². The fraction of sp³-hybridized carbons (Fsp3) is 0.417. The highest BCUT2D eigenvalue weighted by Crippen LogP contribution is 2.24. The second kappa shape index (κ2) is 10.3. The minimum Gasteiger partial charge on any atom is -0.497 e. The summed E-state index contributed by atoms with van der Waals surface area (Å²) in [4.78, 5) is 25.5. The smallest absolute Gasteiger partial charge is 0.279 e. The second-order valence-corrected chi connectivity index (χ2v) is 8.11. The SMILES string of the molecule is COc1ccc(NC(=O)C[NH+](C)CC(=O)N[C@@H](C)c2ccc3c(c2)CCCC3)cc1. The molecule has 0 saturated carbocycles. The van der Waals surface area contributed by atoms with Crippen molar-refractivity contribution in [2.75, 3.05) is 32.6 Å². The number of amides is 2. The first-order valence-electron chi connectivity index (χ1n) is 10.6. The van der Waals surface area contributed by atoms with Gasteiger partial charge in [0.1, 0.15) is 5.75 Å².